The number of nitrogens with zero attached hydrogens (tertiary/aromatic N) is 2. The molecule has 1 aromatic carbocycles. The predicted octanol–water partition coefficient (Wildman–Crippen LogP) is 1.39. The summed E-state index contributed by atoms with van der Waals surface area (Å²) in [6.07, 6.45) is 0.654. The van der Waals surface area contributed by atoms with Crippen molar-refractivity contribution in [3.63, 3.8) is 0 Å². The van der Waals surface area contributed by atoms with Crippen molar-refractivity contribution in [1.82, 2.24) is 20.5 Å². The molecule has 25 heavy (non-hydrogen) atoms. The zero-order valence-electron chi connectivity index (χ0n) is 13.9. The third-order valence-corrected chi connectivity index (χ3v) is 5.63. The molecule has 2 N–H and O–H groups in total. The fourth-order valence-corrected chi connectivity index (χ4v) is 4.22. The first-order chi connectivity index (χ1) is 12.1. The van der Waals surface area contributed by atoms with Crippen molar-refractivity contribution in [3.8, 4) is 11.3 Å². The molecule has 0 radical (unpaired) electrons. The maximum Gasteiger partial charge on any atom is 0.245 e. The Morgan fingerprint density at radius 1 is 1.32 bits per heavy atom. The molecule has 0 bridgehead atoms. The van der Waals surface area contributed by atoms with Crippen LogP contribution in [0.2, 0.25) is 0 Å². The standard InChI is InChI=1S/C18H20N4O2S/c1-11-18(24)22-9-13(7-15(22)17(23)20-11)19-8-16-21-14(10-25-16)12-5-3-2-4-6-12/h2-6,10-11,13,15,19H,7-9H2,1H3,(H,20,23)/t11-,13+,15+/m1/s1. The Labute approximate surface area is 150 Å². The molecule has 7 heteroatoms. The maximum atomic E-state index is 12.2. The van der Waals surface area contributed by atoms with E-state index in [2.05, 4.69) is 21.0 Å². The summed E-state index contributed by atoms with van der Waals surface area (Å²) in [6, 6.07) is 9.46. The van der Waals surface area contributed by atoms with Crippen molar-refractivity contribution in [3.05, 3.63) is 40.7 Å². The van der Waals surface area contributed by atoms with Gasteiger partial charge in [-0.15, -0.1) is 11.3 Å². The lowest BCUT2D eigenvalue weighted by Crippen LogP contribution is -2.60. The topological polar surface area (TPSA) is 74.3 Å². The molecular weight excluding hydrogens is 336 g/mol. The number of nitrogens with one attached hydrogen (secondary N) is 2. The smallest absolute Gasteiger partial charge is 0.245 e. The molecule has 130 valence electrons. The summed E-state index contributed by atoms with van der Waals surface area (Å²) in [5.74, 6) is -0.0356. The third kappa shape index (κ3) is 3.17. The molecular formula is C18H20N4O2S. The van der Waals surface area contributed by atoms with Crippen LogP contribution in [-0.4, -0.2) is 46.4 Å². The molecule has 4 rings (SSSR count). The fourth-order valence-electron chi connectivity index (χ4n) is 3.46. The molecule has 2 fully saturated rings. The number of fused-ring (bicyclic) bond motifs is 1. The lowest BCUT2D eigenvalue weighted by atomic mass is 10.1. The van der Waals surface area contributed by atoms with Gasteiger partial charge in [0.2, 0.25) is 11.8 Å². The third-order valence-electron chi connectivity index (χ3n) is 4.78. The van der Waals surface area contributed by atoms with Crippen molar-refractivity contribution in [2.75, 3.05) is 6.54 Å². The van der Waals surface area contributed by atoms with E-state index in [-0.39, 0.29) is 23.9 Å². The van der Waals surface area contributed by atoms with E-state index in [4.69, 9.17) is 0 Å². The molecule has 2 aliphatic heterocycles. The number of piperazine rings is 1. The summed E-state index contributed by atoms with van der Waals surface area (Å²) in [5, 5.41) is 9.26. The minimum atomic E-state index is -0.421. The fraction of sp³-hybridized carbons (Fsp3) is 0.389. The van der Waals surface area contributed by atoms with Gasteiger partial charge in [0.05, 0.1) is 5.69 Å². The monoisotopic (exact) mass is 356 g/mol. The van der Waals surface area contributed by atoms with Crippen molar-refractivity contribution in [2.45, 2.75) is 38.0 Å². The highest BCUT2D eigenvalue weighted by Gasteiger charge is 2.44. The Bertz CT molecular complexity index is 791. The molecule has 2 saturated heterocycles. The first-order valence-electron chi connectivity index (χ1n) is 8.46. The summed E-state index contributed by atoms with van der Waals surface area (Å²) in [7, 11) is 0. The molecule has 0 spiro atoms. The number of rotatable bonds is 4. The van der Waals surface area contributed by atoms with Crippen LogP contribution in [0.5, 0.6) is 0 Å². The molecule has 0 saturated carbocycles. The van der Waals surface area contributed by atoms with Gasteiger partial charge < -0.3 is 15.5 Å². The predicted molar refractivity (Wildman–Crippen MR) is 95.9 cm³/mol. The number of amides is 2. The minimum absolute atomic E-state index is 0.00881. The molecule has 0 unspecified atom stereocenters. The van der Waals surface area contributed by atoms with Crippen LogP contribution in [0.1, 0.15) is 18.4 Å². The molecule has 2 aromatic rings. The molecule has 6 nitrogen and oxygen atoms in total. The first-order valence-corrected chi connectivity index (χ1v) is 9.34. The lowest BCUT2D eigenvalue weighted by Gasteiger charge is -2.32. The van der Waals surface area contributed by atoms with Gasteiger partial charge in [-0.3, -0.25) is 9.59 Å². The van der Waals surface area contributed by atoms with E-state index in [9.17, 15) is 9.59 Å². The van der Waals surface area contributed by atoms with Crippen LogP contribution in [0.25, 0.3) is 11.3 Å². The number of thiazole rings is 1. The SMILES string of the molecule is C[C@H]1NC(=O)[C@@H]2C[C@H](NCc3nc(-c4ccccc4)cs3)CN2C1=O. The van der Waals surface area contributed by atoms with Gasteiger partial charge in [-0.25, -0.2) is 4.98 Å². The van der Waals surface area contributed by atoms with Gasteiger partial charge in [0.1, 0.15) is 17.1 Å². The number of carbonyl (C=O) groups excluding carboxylic acids is 2. The lowest BCUT2D eigenvalue weighted by molar-refractivity contribution is -0.146. The van der Waals surface area contributed by atoms with E-state index in [1.165, 1.54) is 0 Å². The number of carbonyl (C=O) groups is 2. The molecule has 1 aromatic heterocycles. The molecule has 3 atom stereocenters. The highest BCUT2D eigenvalue weighted by Crippen LogP contribution is 2.24. The summed E-state index contributed by atoms with van der Waals surface area (Å²) in [5.41, 5.74) is 2.09. The van der Waals surface area contributed by atoms with Crippen molar-refractivity contribution < 1.29 is 9.59 Å². The van der Waals surface area contributed by atoms with Gasteiger partial charge in [-0.2, -0.15) is 0 Å². The molecule has 2 amide bonds. The normalized spacial score (nSPS) is 25.8. The number of hydrogen-bond donors (Lipinski definition) is 2. The number of hydrogen-bond acceptors (Lipinski definition) is 5. The molecule has 0 aliphatic carbocycles. The quantitative estimate of drug-likeness (QED) is 0.868. The second-order valence-corrected chi connectivity index (χ2v) is 7.49. The summed E-state index contributed by atoms with van der Waals surface area (Å²) < 4.78 is 0. The van der Waals surface area contributed by atoms with Gasteiger partial charge in [0.25, 0.3) is 0 Å². The first kappa shape index (κ1) is 16.2. The van der Waals surface area contributed by atoms with Crippen LogP contribution < -0.4 is 10.6 Å². The Kier molecular flexibility index (Phi) is 4.27. The van der Waals surface area contributed by atoms with Crippen LogP contribution in [0.3, 0.4) is 0 Å². The largest absolute Gasteiger partial charge is 0.343 e. The van der Waals surface area contributed by atoms with E-state index >= 15 is 0 Å². The average Bonchev–Trinajstić information content (AvgIpc) is 3.26. The van der Waals surface area contributed by atoms with Crippen LogP contribution in [0.15, 0.2) is 35.7 Å². The van der Waals surface area contributed by atoms with Crippen LogP contribution >= 0.6 is 11.3 Å². The zero-order chi connectivity index (χ0) is 17.4. The number of benzene rings is 1. The van der Waals surface area contributed by atoms with E-state index < -0.39 is 6.04 Å². The van der Waals surface area contributed by atoms with Gasteiger partial charge in [-0.1, -0.05) is 30.3 Å². The van der Waals surface area contributed by atoms with Crippen LogP contribution in [0.4, 0.5) is 0 Å². The van der Waals surface area contributed by atoms with E-state index in [1.807, 2.05) is 30.3 Å². The van der Waals surface area contributed by atoms with Crippen LogP contribution in [0, 0.1) is 0 Å². The van der Waals surface area contributed by atoms with E-state index in [0.717, 1.165) is 16.3 Å². The Hall–Kier alpha value is -2.25. The van der Waals surface area contributed by atoms with E-state index in [0.29, 0.717) is 19.5 Å². The van der Waals surface area contributed by atoms with Crippen molar-refractivity contribution >= 4 is 23.2 Å². The second-order valence-electron chi connectivity index (χ2n) is 6.54. The highest BCUT2D eigenvalue weighted by atomic mass is 32.1. The van der Waals surface area contributed by atoms with Gasteiger partial charge in [0, 0.05) is 30.1 Å². The molecule has 3 heterocycles. The Morgan fingerprint density at radius 2 is 2.12 bits per heavy atom. The van der Waals surface area contributed by atoms with Gasteiger partial charge >= 0.3 is 0 Å². The Morgan fingerprint density at radius 3 is 2.92 bits per heavy atom. The highest BCUT2D eigenvalue weighted by molar-refractivity contribution is 7.09. The minimum Gasteiger partial charge on any atom is -0.343 e. The van der Waals surface area contributed by atoms with Crippen molar-refractivity contribution in [1.29, 1.82) is 0 Å². The summed E-state index contributed by atoms with van der Waals surface area (Å²) >= 11 is 1.62. The van der Waals surface area contributed by atoms with Crippen molar-refractivity contribution in [2.24, 2.45) is 0 Å². The second kappa shape index (κ2) is 6.57. The van der Waals surface area contributed by atoms with Crippen LogP contribution in [-0.2, 0) is 16.1 Å². The summed E-state index contributed by atoms with van der Waals surface area (Å²) in [6.45, 7) is 2.96. The van der Waals surface area contributed by atoms with Gasteiger partial charge in [0.15, 0.2) is 0 Å². The number of aromatic nitrogens is 1. The van der Waals surface area contributed by atoms with Gasteiger partial charge in [-0.05, 0) is 13.3 Å². The van der Waals surface area contributed by atoms with E-state index in [1.54, 1.807) is 23.2 Å². The molecule has 2 aliphatic rings. The summed E-state index contributed by atoms with van der Waals surface area (Å²) in [4.78, 5) is 30.7. The average molecular weight is 356 g/mol. The Balaban J connectivity index is 1.38. The maximum absolute atomic E-state index is 12.2. The zero-order valence-corrected chi connectivity index (χ0v) is 14.8.